The fourth-order valence-corrected chi connectivity index (χ4v) is 0.958. The normalized spacial score (nSPS) is 16.4. The molecule has 1 atom stereocenters. The van der Waals surface area contributed by atoms with Gasteiger partial charge in [-0.05, 0) is 6.92 Å². The van der Waals surface area contributed by atoms with Crippen LogP contribution in [0, 0.1) is 0 Å². The van der Waals surface area contributed by atoms with Crippen LogP contribution in [0.1, 0.15) is 6.92 Å². The fraction of sp³-hybridized carbons (Fsp3) is 1.00. The van der Waals surface area contributed by atoms with E-state index in [4.69, 9.17) is 0 Å². The predicted molar refractivity (Wildman–Crippen MR) is 44.4 cm³/mol. The highest BCUT2D eigenvalue weighted by Crippen LogP contribution is 2.54. The Kier molecular flexibility index (Phi) is 7.17. The summed E-state index contributed by atoms with van der Waals surface area (Å²) < 4.78 is 124. The van der Waals surface area contributed by atoms with E-state index in [0.29, 0.717) is 7.18 Å². The monoisotopic (exact) mass is 312 g/mol. The van der Waals surface area contributed by atoms with Crippen LogP contribution in [0.25, 0.3) is 0 Å². The second-order valence-electron chi connectivity index (χ2n) is 2.94. The van der Waals surface area contributed by atoms with E-state index in [1.165, 1.54) is 0 Å². The topological polar surface area (TPSA) is 9.23 Å². The Morgan fingerprint density at radius 1 is 0.842 bits per heavy atom. The molecule has 0 bridgehead atoms. The molecule has 0 heterocycles. The molecule has 118 valence electrons. The van der Waals surface area contributed by atoms with Gasteiger partial charge in [0, 0.05) is 0 Å². The molecule has 0 aliphatic carbocycles. The molecule has 0 amide bonds. The van der Waals surface area contributed by atoms with Crippen LogP contribution in [0.3, 0.4) is 0 Å². The van der Waals surface area contributed by atoms with Crippen molar-refractivity contribution in [2.45, 2.75) is 30.8 Å². The molecule has 0 fully saturated rings. The highest BCUT2D eigenvalue weighted by molar-refractivity contribution is 5.05. The fourth-order valence-electron chi connectivity index (χ4n) is 0.958. The second-order valence-corrected chi connectivity index (χ2v) is 2.94. The van der Waals surface area contributed by atoms with Gasteiger partial charge in [0.1, 0.15) is 0 Å². The van der Waals surface area contributed by atoms with E-state index in [2.05, 4.69) is 4.74 Å². The first-order valence-electron chi connectivity index (χ1n) is 4.46. The number of ether oxygens (including phenoxy) is 1. The zero-order valence-electron chi connectivity index (χ0n) is 9.60. The zero-order chi connectivity index (χ0) is 16.1. The van der Waals surface area contributed by atoms with Crippen LogP contribution in [0.5, 0.6) is 0 Å². The molecular weight excluding hydrogens is 302 g/mol. The molecule has 0 aliphatic heterocycles. The van der Waals surface area contributed by atoms with E-state index in [1.807, 2.05) is 0 Å². The van der Waals surface area contributed by atoms with Crippen LogP contribution in [-0.4, -0.2) is 44.3 Å². The summed E-state index contributed by atoms with van der Waals surface area (Å²) in [4.78, 5) is 0. The van der Waals surface area contributed by atoms with Gasteiger partial charge in [-0.2, -0.15) is 30.7 Å². The largest absolute Gasteiger partial charge is 0.437 e. The second kappa shape index (κ2) is 6.62. The zero-order valence-corrected chi connectivity index (χ0v) is 9.60. The lowest BCUT2D eigenvalue weighted by molar-refractivity contribution is -0.427. The van der Waals surface area contributed by atoms with Crippen molar-refractivity contribution in [2.75, 3.05) is 20.5 Å². The van der Waals surface area contributed by atoms with Crippen molar-refractivity contribution in [3.05, 3.63) is 0 Å². The van der Waals surface area contributed by atoms with Gasteiger partial charge in [-0.1, -0.05) is 0 Å². The summed E-state index contributed by atoms with van der Waals surface area (Å²) >= 11 is 0. The van der Waals surface area contributed by atoms with Gasteiger partial charge in [-0.25, -0.2) is 8.78 Å². The van der Waals surface area contributed by atoms with Gasteiger partial charge in [0.05, 0.1) is 13.8 Å². The third kappa shape index (κ3) is 3.63. The molecule has 0 saturated heterocycles. The molecule has 0 spiro atoms. The molecule has 0 N–H and O–H groups in total. The van der Waals surface area contributed by atoms with Gasteiger partial charge in [-0.15, -0.1) is 0 Å². The minimum absolute atomic E-state index is 0.500. The summed E-state index contributed by atoms with van der Waals surface area (Å²) in [5, 5.41) is 0. The maximum Gasteiger partial charge on any atom is 0.437 e. The smallest absolute Gasteiger partial charge is 0.318 e. The van der Waals surface area contributed by atoms with E-state index >= 15 is 0 Å². The Labute approximate surface area is 101 Å². The standard InChI is InChI=1S/C7H7F9O.CH3F/c1-2-17-7(15,16)5(11,6(12,13)14)4(9,10)3-8;1-2/h2-3H2,1H3;1H3. The van der Waals surface area contributed by atoms with Crippen LogP contribution in [0.4, 0.5) is 43.9 Å². The number of hydrogen-bond donors (Lipinski definition) is 0. The van der Waals surface area contributed by atoms with Crippen LogP contribution in [0.2, 0.25) is 0 Å². The quantitative estimate of drug-likeness (QED) is 0.695. The maximum atomic E-state index is 13.1. The first kappa shape index (κ1) is 20.6. The van der Waals surface area contributed by atoms with Gasteiger partial charge in [-0.3, -0.25) is 4.39 Å². The third-order valence-electron chi connectivity index (χ3n) is 1.79. The van der Waals surface area contributed by atoms with Gasteiger partial charge >= 0.3 is 23.9 Å². The molecule has 11 heteroatoms. The van der Waals surface area contributed by atoms with Crippen molar-refractivity contribution in [3.8, 4) is 0 Å². The molecule has 0 aliphatic rings. The predicted octanol–water partition coefficient (Wildman–Crippen LogP) is 4.08. The lowest BCUT2D eigenvalue weighted by atomic mass is 9.96. The summed E-state index contributed by atoms with van der Waals surface area (Å²) in [5.41, 5.74) is -6.43. The molecule has 0 aromatic carbocycles. The first-order chi connectivity index (χ1) is 8.37. The number of halogens is 10. The number of hydrogen-bond acceptors (Lipinski definition) is 1. The van der Waals surface area contributed by atoms with E-state index in [-0.39, 0.29) is 0 Å². The Hall–Kier alpha value is -0.740. The van der Waals surface area contributed by atoms with E-state index in [1.54, 1.807) is 0 Å². The minimum Gasteiger partial charge on any atom is -0.318 e. The SMILES string of the molecule is CCOC(F)(F)C(F)(C(F)(F)F)C(F)(F)CF.CF. The van der Waals surface area contributed by atoms with E-state index in [9.17, 15) is 43.9 Å². The van der Waals surface area contributed by atoms with Gasteiger partial charge in [0.2, 0.25) is 0 Å². The first-order valence-corrected chi connectivity index (χ1v) is 4.46. The van der Waals surface area contributed by atoms with Crippen molar-refractivity contribution in [2.24, 2.45) is 0 Å². The summed E-state index contributed by atoms with van der Waals surface area (Å²) in [5.74, 6) is -5.97. The van der Waals surface area contributed by atoms with Crippen LogP contribution < -0.4 is 0 Å². The number of rotatable bonds is 5. The van der Waals surface area contributed by atoms with Crippen molar-refractivity contribution < 1.29 is 48.6 Å². The Morgan fingerprint density at radius 3 is 1.42 bits per heavy atom. The lowest BCUT2D eigenvalue weighted by Crippen LogP contribution is -2.67. The lowest BCUT2D eigenvalue weighted by Gasteiger charge is -2.37. The molecule has 0 radical (unpaired) electrons. The Balaban J connectivity index is 0. The molecular formula is C8H10F10O. The van der Waals surface area contributed by atoms with E-state index < -0.39 is 37.2 Å². The molecule has 0 rings (SSSR count). The number of alkyl halides is 10. The molecule has 0 aromatic rings. The van der Waals surface area contributed by atoms with Crippen molar-refractivity contribution in [1.29, 1.82) is 0 Å². The molecule has 1 unspecified atom stereocenters. The third-order valence-corrected chi connectivity index (χ3v) is 1.79. The van der Waals surface area contributed by atoms with Crippen molar-refractivity contribution in [3.63, 3.8) is 0 Å². The van der Waals surface area contributed by atoms with Crippen LogP contribution in [-0.2, 0) is 4.74 Å². The Bertz CT molecular complexity index is 263. The van der Waals surface area contributed by atoms with Crippen LogP contribution in [0.15, 0.2) is 0 Å². The van der Waals surface area contributed by atoms with E-state index in [0.717, 1.165) is 6.92 Å². The average molecular weight is 312 g/mol. The molecule has 1 nitrogen and oxygen atoms in total. The molecule has 19 heavy (non-hydrogen) atoms. The van der Waals surface area contributed by atoms with Crippen molar-refractivity contribution >= 4 is 0 Å². The minimum atomic E-state index is -6.71. The summed E-state index contributed by atoms with van der Waals surface area (Å²) in [6.07, 6.45) is -12.6. The van der Waals surface area contributed by atoms with Gasteiger partial charge < -0.3 is 4.74 Å². The summed E-state index contributed by atoms with van der Waals surface area (Å²) in [6.45, 7) is -3.68. The van der Waals surface area contributed by atoms with Gasteiger partial charge in [0.25, 0.3) is 0 Å². The van der Waals surface area contributed by atoms with Crippen molar-refractivity contribution in [1.82, 2.24) is 0 Å². The van der Waals surface area contributed by atoms with Crippen LogP contribution >= 0.6 is 0 Å². The highest BCUT2D eigenvalue weighted by Gasteiger charge is 2.84. The Morgan fingerprint density at radius 2 is 1.21 bits per heavy atom. The molecule has 0 aromatic heterocycles. The van der Waals surface area contributed by atoms with Gasteiger partial charge in [0.15, 0.2) is 6.67 Å². The molecule has 0 saturated carbocycles. The highest BCUT2D eigenvalue weighted by atomic mass is 19.4. The average Bonchev–Trinajstić information content (AvgIpc) is 2.28. The maximum absolute atomic E-state index is 13.1. The summed E-state index contributed by atoms with van der Waals surface area (Å²) in [7, 11) is 0.500. The summed E-state index contributed by atoms with van der Waals surface area (Å²) in [6, 6.07) is 0.